The molecule has 1 heterocycles. The molecule has 20 heavy (non-hydrogen) atoms. The Kier molecular flexibility index (Phi) is 3.88. The molecule has 0 spiro atoms. The summed E-state index contributed by atoms with van der Waals surface area (Å²) in [5, 5.41) is 6.71. The maximum atomic E-state index is 11.8. The highest BCUT2D eigenvalue weighted by molar-refractivity contribution is 5.81. The van der Waals surface area contributed by atoms with Gasteiger partial charge in [0.2, 0.25) is 17.6 Å². The van der Waals surface area contributed by atoms with E-state index in [1.807, 2.05) is 52.0 Å². The Morgan fingerprint density at radius 1 is 1.35 bits per heavy atom. The molecule has 1 aromatic heterocycles. The zero-order valence-electron chi connectivity index (χ0n) is 12.2. The molecule has 0 saturated carbocycles. The Morgan fingerprint density at radius 3 is 2.75 bits per heavy atom. The van der Waals surface area contributed by atoms with E-state index in [1.54, 1.807) is 0 Å². The normalized spacial score (nSPS) is 11.4. The lowest BCUT2D eigenvalue weighted by molar-refractivity contribution is -0.128. The van der Waals surface area contributed by atoms with Gasteiger partial charge in [0.05, 0.1) is 6.54 Å². The van der Waals surface area contributed by atoms with Crippen molar-refractivity contribution < 1.29 is 9.32 Å². The third-order valence-electron chi connectivity index (χ3n) is 2.83. The molecule has 0 aliphatic carbocycles. The summed E-state index contributed by atoms with van der Waals surface area (Å²) < 4.78 is 5.15. The summed E-state index contributed by atoms with van der Waals surface area (Å²) in [5.74, 6) is 0.889. The fourth-order valence-corrected chi connectivity index (χ4v) is 1.65. The average molecular weight is 273 g/mol. The van der Waals surface area contributed by atoms with Gasteiger partial charge in [0.1, 0.15) is 0 Å². The van der Waals surface area contributed by atoms with E-state index in [9.17, 15) is 4.79 Å². The molecule has 5 nitrogen and oxygen atoms in total. The molecule has 0 radical (unpaired) electrons. The van der Waals surface area contributed by atoms with Crippen molar-refractivity contribution in [3.05, 3.63) is 35.7 Å². The van der Waals surface area contributed by atoms with E-state index in [4.69, 9.17) is 4.52 Å². The van der Waals surface area contributed by atoms with Gasteiger partial charge in [0, 0.05) is 11.0 Å². The van der Waals surface area contributed by atoms with Crippen LogP contribution in [-0.2, 0) is 11.3 Å². The molecule has 5 heteroatoms. The molecule has 0 fully saturated rings. The van der Waals surface area contributed by atoms with Crippen molar-refractivity contribution in [2.24, 2.45) is 5.41 Å². The molecule has 0 saturated heterocycles. The predicted molar refractivity (Wildman–Crippen MR) is 75.8 cm³/mol. The number of aromatic nitrogens is 2. The molecule has 2 aromatic rings. The molecular formula is C15H19N3O2. The van der Waals surface area contributed by atoms with Crippen molar-refractivity contribution >= 4 is 5.91 Å². The topological polar surface area (TPSA) is 68.0 Å². The summed E-state index contributed by atoms with van der Waals surface area (Å²) in [6.07, 6.45) is 0. The highest BCUT2D eigenvalue weighted by Crippen LogP contribution is 2.17. The van der Waals surface area contributed by atoms with Gasteiger partial charge in [-0.2, -0.15) is 4.98 Å². The van der Waals surface area contributed by atoms with Gasteiger partial charge in [0.15, 0.2) is 0 Å². The number of aryl methyl sites for hydroxylation is 1. The number of nitrogens with zero attached hydrogens (tertiary/aromatic N) is 2. The van der Waals surface area contributed by atoms with Crippen LogP contribution in [0.5, 0.6) is 0 Å². The third kappa shape index (κ3) is 3.44. The molecule has 106 valence electrons. The number of carbonyl (C=O) groups excluding carboxylic acids is 1. The first-order valence-corrected chi connectivity index (χ1v) is 6.54. The van der Waals surface area contributed by atoms with E-state index in [-0.39, 0.29) is 12.5 Å². The van der Waals surface area contributed by atoms with Crippen LogP contribution < -0.4 is 5.32 Å². The third-order valence-corrected chi connectivity index (χ3v) is 2.83. The fraction of sp³-hybridized carbons (Fsp3) is 0.400. The minimum atomic E-state index is -0.431. The quantitative estimate of drug-likeness (QED) is 0.933. The lowest BCUT2D eigenvalue weighted by atomic mass is 9.96. The number of hydrogen-bond donors (Lipinski definition) is 1. The van der Waals surface area contributed by atoms with E-state index in [0.717, 1.165) is 11.1 Å². The smallest absolute Gasteiger partial charge is 0.246 e. The van der Waals surface area contributed by atoms with Crippen LogP contribution in [0, 0.1) is 12.3 Å². The number of amides is 1. The molecule has 1 amide bonds. The van der Waals surface area contributed by atoms with Crippen LogP contribution in [0.4, 0.5) is 0 Å². The molecular weight excluding hydrogens is 254 g/mol. The average Bonchev–Trinajstić information content (AvgIpc) is 2.83. The highest BCUT2D eigenvalue weighted by atomic mass is 16.5. The zero-order valence-corrected chi connectivity index (χ0v) is 12.2. The number of hydrogen-bond acceptors (Lipinski definition) is 4. The van der Waals surface area contributed by atoms with Crippen molar-refractivity contribution in [3.8, 4) is 11.4 Å². The van der Waals surface area contributed by atoms with E-state index in [0.29, 0.717) is 11.7 Å². The zero-order chi connectivity index (χ0) is 14.8. The van der Waals surface area contributed by atoms with Crippen molar-refractivity contribution in [3.63, 3.8) is 0 Å². The number of benzene rings is 1. The predicted octanol–water partition coefficient (Wildman–Crippen LogP) is 2.71. The molecule has 0 bridgehead atoms. The summed E-state index contributed by atoms with van der Waals surface area (Å²) in [5.41, 5.74) is 1.61. The van der Waals surface area contributed by atoms with Crippen molar-refractivity contribution in [1.29, 1.82) is 0 Å². The van der Waals surface area contributed by atoms with Gasteiger partial charge in [-0.15, -0.1) is 0 Å². The molecule has 1 aromatic carbocycles. The minimum absolute atomic E-state index is 0.0483. The van der Waals surface area contributed by atoms with Crippen molar-refractivity contribution in [2.75, 3.05) is 0 Å². The molecule has 0 aliphatic heterocycles. The van der Waals surface area contributed by atoms with E-state index < -0.39 is 5.41 Å². The largest absolute Gasteiger partial charge is 0.347 e. The van der Waals surface area contributed by atoms with E-state index in [1.165, 1.54) is 0 Å². The molecule has 2 rings (SSSR count). The van der Waals surface area contributed by atoms with Crippen LogP contribution in [0.3, 0.4) is 0 Å². The maximum absolute atomic E-state index is 11.8. The number of rotatable bonds is 3. The Bertz CT molecular complexity index is 612. The lowest BCUT2D eigenvalue weighted by Gasteiger charge is -2.16. The van der Waals surface area contributed by atoms with Crippen LogP contribution >= 0.6 is 0 Å². The summed E-state index contributed by atoms with van der Waals surface area (Å²) >= 11 is 0. The second-order valence-electron chi connectivity index (χ2n) is 5.81. The van der Waals surface area contributed by atoms with Gasteiger partial charge in [-0.25, -0.2) is 0 Å². The summed E-state index contributed by atoms with van der Waals surface area (Å²) in [6, 6.07) is 7.87. The Morgan fingerprint density at radius 2 is 2.10 bits per heavy atom. The summed E-state index contributed by atoms with van der Waals surface area (Å²) in [6.45, 7) is 7.82. The Hall–Kier alpha value is -2.17. The van der Waals surface area contributed by atoms with Crippen LogP contribution in [0.25, 0.3) is 11.4 Å². The molecule has 1 N–H and O–H groups in total. The van der Waals surface area contributed by atoms with Crippen LogP contribution in [0.1, 0.15) is 32.2 Å². The first-order valence-electron chi connectivity index (χ1n) is 6.54. The lowest BCUT2D eigenvalue weighted by Crippen LogP contribution is -2.34. The van der Waals surface area contributed by atoms with Crippen LogP contribution in [0.15, 0.2) is 28.8 Å². The highest BCUT2D eigenvalue weighted by Gasteiger charge is 2.21. The van der Waals surface area contributed by atoms with E-state index in [2.05, 4.69) is 15.5 Å². The Labute approximate surface area is 118 Å². The van der Waals surface area contributed by atoms with Crippen molar-refractivity contribution in [2.45, 2.75) is 34.2 Å². The summed E-state index contributed by atoms with van der Waals surface area (Å²) in [7, 11) is 0. The van der Waals surface area contributed by atoms with Gasteiger partial charge in [0.25, 0.3) is 0 Å². The Balaban J connectivity index is 2.05. The number of carbonyl (C=O) groups is 1. The van der Waals surface area contributed by atoms with Crippen LogP contribution in [-0.4, -0.2) is 16.0 Å². The number of nitrogens with one attached hydrogen (secondary N) is 1. The standard InChI is InChI=1S/C15H19N3O2/c1-10-6-5-7-11(8-10)13-17-12(20-18-13)9-16-14(19)15(2,3)4/h5-8H,9H2,1-4H3,(H,16,19). The van der Waals surface area contributed by atoms with Gasteiger partial charge >= 0.3 is 0 Å². The molecule has 0 unspecified atom stereocenters. The first kappa shape index (κ1) is 14.2. The van der Waals surface area contributed by atoms with Gasteiger partial charge < -0.3 is 9.84 Å². The minimum Gasteiger partial charge on any atom is -0.347 e. The molecule has 0 aliphatic rings. The van der Waals surface area contributed by atoms with Crippen molar-refractivity contribution in [1.82, 2.24) is 15.5 Å². The van der Waals surface area contributed by atoms with Gasteiger partial charge in [-0.05, 0) is 13.0 Å². The van der Waals surface area contributed by atoms with E-state index >= 15 is 0 Å². The maximum Gasteiger partial charge on any atom is 0.246 e. The van der Waals surface area contributed by atoms with Gasteiger partial charge in [-0.3, -0.25) is 4.79 Å². The SMILES string of the molecule is Cc1cccc(-c2noc(CNC(=O)C(C)(C)C)n2)c1. The fourth-order valence-electron chi connectivity index (χ4n) is 1.65. The molecule has 0 atom stereocenters. The monoisotopic (exact) mass is 273 g/mol. The first-order chi connectivity index (χ1) is 9.36. The van der Waals surface area contributed by atoms with Gasteiger partial charge in [-0.1, -0.05) is 49.7 Å². The van der Waals surface area contributed by atoms with Crippen LogP contribution in [0.2, 0.25) is 0 Å². The second-order valence-corrected chi connectivity index (χ2v) is 5.81. The summed E-state index contributed by atoms with van der Waals surface area (Å²) in [4.78, 5) is 16.0. The second kappa shape index (κ2) is 5.45.